The minimum absolute atomic E-state index is 0.498. The molecule has 1 heterocycles. The van der Waals surface area contributed by atoms with Crippen molar-refractivity contribution in [3.63, 3.8) is 0 Å². The summed E-state index contributed by atoms with van der Waals surface area (Å²) in [6.45, 7) is 2.16. The summed E-state index contributed by atoms with van der Waals surface area (Å²) in [5.74, 6) is 0.592. The first-order valence-corrected chi connectivity index (χ1v) is 13.0. The summed E-state index contributed by atoms with van der Waals surface area (Å²) in [5.41, 5.74) is 1.29. The first kappa shape index (κ1) is 31.0. The quantitative estimate of drug-likeness (QED) is 0.301. The number of aromatic nitrogens is 1. The highest BCUT2D eigenvalue weighted by Gasteiger charge is 2.07. The van der Waals surface area contributed by atoms with Crippen molar-refractivity contribution in [2.45, 2.75) is 34.6 Å². The van der Waals surface area contributed by atoms with Gasteiger partial charge in [-0.05, 0) is 35.7 Å². The van der Waals surface area contributed by atoms with Crippen LogP contribution in [-0.4, -0.2) is 34.3 Å². The number of halogens is 2. The first-order chi connectivity index (χ1) is 11.7. The average molecular weight is 490 g/mol. The van der Waals surface area contributed by atoms with Gasteiger partial charge in [-0.15, -0.1) is 0 Å². The van der Waals surface area contributed by atoms with Crippen molar-refractivity contribution in [1.29, 1.82) is 0 Å². The van der Waals surface area contributed by atoms with E-state index in [9.17, 15) is 0 Å². The predicted molar refractivity (Wildman–Crippen MR) is 113 cm³/mol. The summed E-state index contributed by atoms with van der Waals surface area (Å²) in [4.78, 5) is 49.4. The number of benzene rings is 1. The van der Waals surface area contributed by atoms with Crippen molar-refractivity contribution in [2.24, 2.45) is 0 Å². The lowest BCUT2D eigenvalue weighted by molar-refractivity contribution is 0.361. The molecule has 0 aliphatic carbocycles. The lowest BCUT2D eigenvalue weighted by atomic mass is 10.3. The maximum Gasteiger partial charge on any atom is 0.319 e. The molecule has 0 fully saturated rings. The molecule has 154 valence electrons. The van der Waals surface area contributed by atoms with Gasteiger partial charge in [0.25, 0.3) is 0 Å². The smallest absolute Gasteiger partial charge is 0.319 e. The van der Waals surface area contributed by atoms with Gasteiger partial charge in [-0.2, -0.15) is 0 Å². The topological polar surface area (TPSA) is 147 Å². The second-order valence-electron chi connectivity index (χ2n) is 3.50. The van der Waals surface area contributed by atoms with E-state index in [0.717, 1.165) is 0 Å². The van der Waals surface area contributed by atoms with E-state index in [1.54, 1.807) is 19.1 Å². The standard InChI is InChI=1S/C8H5Cl2NO.2C2H6.2H3O3PS/c1-4-11-7-3-5(9)2-6(10)8(7)12-4;2*1-2;2*1-4(2,3)5/h2-3H,1H3;2*1-2H3;2*(H3,1,2,3,5). The number of fused-ring (bicyclic) bond motifs is 1. The van der Waals surface area contributed by atoms with Crippen LogP contribution in [0.3, 0.4) is 0 Å². The third-order valence-corrected chi connectivity index (χ3v) is 2.02. The van der Waals surface area contributed by atoms with Crippen molar-refractivity contribution in [2.75, 3.05) is 0 Å². The Morgan fingerprint density at radius 2 is 1.23 bits per heavy atom. The van der Waals surface area contributed by atoms with E-state index >= 15 is 0 Å². The van der Waals surface area contributed by atoms with Crippen molar-refractivity contribution in [1.82, 2.24) is 4.98 Å². The summed E-state index contributed by atoms with van der Waals surface area (Å²) in [5, 5.41) is 1.07. The van der Waals surface area contributed by atoms with Gasteiger partial charge in [0.2, 0.25) is 0 Å². The zero-order valence-corrected chi connectivity index (χ0v) is 19.6. The number of hydrogen-bond acceptors (Lipinski definition) is 4. The Bertz CT molecular complexity index is 697. The van der Waals surface area contributed by atoms with E-state index in [0.29, 0.717) is 27.0 Å². The van der Waals surface area contributed by atoms with Gasteiger partial charge in [-0.3, -0.25) is 0 Å². The molecule has 0 unspecified atom stereocenters. The van der Waals surface area contributed by atoms with Crippen molar-refractivity contribution in [3.05, 3.63) is 28.1 Å². The molecule has 0 atom stereocenters. The summed E-state index contributed by atoms with van der Waals surface area (Å²) in [6, 6.07) is 3.36. The SMILES string of the molecule is CC.CC.Cc1nc2cc(Cl)cc(Cl)c2o1.OP(O)(O)=S.OP(O)(O)=S. The van der Waals surface area contributed by atoms with Crippen LogP contribution in [0.5, 0.6) is 0 Å². The lowest BCUT2D eigenvalue weighted by Gasteiger charge is -1.91. The summed E-state index contributed by atoms with van der Waals surface area (Å²) in [6.07, 6.45) is 0. The minimum Gasteiger partial charge on any atom is -0.439 e. The van der Waals surface area contributed by atoms with Crippen LogP contribution in [0.1, 0.15) is 33.6 Å². The highest BCUT2D eigenvalue weighted by Crippen LogP contribution is 2.28. The fourth-order valence-corrected chi connectivity index (χ4v) is 1.59. The minimum atomic E-state index is -3.81. The van der Waals surface area contributed by atoms with Gasteiger partial charge in [0.1, 0.15) is 5.52 Å². The highest BCUT2D eigenvalue weighted by molar-refractivity contribution is 8.06. The van der Waals surface area contributed by atoms with Crippen molar-refractivity contribution in [3.8, 4) is 0 Å². The van der Waals surface area contributed by atoms with E-state index in [2.05, 4.69) is 28.6 Å². The zero-order chi connectivity index (χ0) is 21.7. The normalized spacial score (nSPS) is 10.0. The molecule has 0 amide bonds. The fourth-order valence-electron chi connectivity index (χ4n) is 1.07. The first-order valence-electron chi connectivity index (χ1n) is 6.95. The highest BCUT2D eigenvalue weighted by atomic mass is 35.5. The molecule has 14 heteroatoms. The molecule has 26 heavy (non-hydrogen) atoms. The van der Waals surface area contributed by atoms with Gasteiger partial charge in [-0.25, -0.2) is 4.98 Å². The van der Waals surface area contributed by atoms with Crippen LogP contribution in [0.25, 0.3) is 11.1 Å². The summed E-state index contributed by atoms with van der Waals surface area (Å²) >= 11 is 18.8. The molecular weight excluding hydrogens is 467 g/mol. The van der Waals surface area contributed by atoms with E-state index in [-0.39, 0.29) is 0 Å². The van der Waals surface area contributed by atoms with Crippen LogP contribution in [0.15, 0.2) is 16.5 Å². The van der Waals surface area contributed by atoms with Gasteiger partial charge >= 0.3 is 13.4 Å². The molecule has 0 aliphatic rings. The van der Waals surface area contributed by atoms with Gasteiger partial charge in [-0.1, -0.05) is 50.9 Å². The Balaban J connectivity index is -0.000000320. The summed E-state index contributed by atoms with van der Waals surface area (Å²) < 4.78 is 5.25. The van der Waals surface area contributed by atoms with Crippen LogP contribution in [0, 0.1) is 6.92 Å². The molecular formula is C12H23Cl2NO7P2S2. The molecule has 0 saturated heterocycles. The molecule has 0 radical (unpaired) electrons. The second kappa shape index (κ2) is 15.3. The molecule has 0 bridgehead atoms. The molecule has 1 aromatic heterocycles. The van der Waals surface area contributed by atoms with E-state index in [1.165, 1.54) is 0 Å². The fraction of sp³-hybridized carbons (Fsp3) is 0.417. The number of oxazole rings is 1. The van der Waals surface area contributed by atoms with Gasteiger partial charge in [0.15, 0.2) is 11.5 Å². The lowest BCUT2D eigenvalue weighted by Crippen LogP contribution is -1.70. The maximum atomic E-state index is 7.56. The molecule has 2 rings (SSSR count). The Morgan fingerprint density at radius 3 is 1.58 bits per heavy atom. The number of hydrogen-bond donors (Lipinski definition) is 6. The zero-order valence-electron chi connectivity index (χ0n) is 14.7. The number of rotatable bonds is 0. The van der Waals surface area contributed by atoms with Crippen LogP contribution in [-0.2, 0) is 23.6 Å². The second-order valence-corrected chi connectivity index (χ2v) is 9.33. The molecule has 0 aliphatic heterocycles. The molecule has 8 nitrogen and oxygen atoms in total. The van der Waals surface area contributed by atoms with Crippen molar-refractivity contribution >= 4 is 71.4 Å². The number of nitrogens with zero attached hydrogens (tertiary/aromatic N) is 1. The monoisotopic (exact) mass is 489 g/mol. The van der Waals surface area contributed by atoms with Crippen LogP contribution < -0.4 is 0 Å². The van der Waals surface area contributed by atoms with Crippen molar-refractivity contribution < 1.29 is 33.8 Å². The summed E-state index contributed by atoms with van der Waals surface area (Å²) in [7, 11) is 0. The van der Waals surface area contributed by atoms with Crippen LogP contribution >= 0.6 is 36.6 Å². The predicted octanol–water partition coefficient (Wildman–Crippen LogP) is 3.87. The third-order valence-electron chi connectivity index (χ3n) is 1.52. The van der Waals surface area contributed by atoms with Gasteiger partial charge in [0.05, 0.1) is 5.02 Å². The Hall–Kier alpha value is 0.330. The van der Waals surface area contributed by atoms with E-state index < -0.39 is 13.4 Å². The van der Waals surface area contributed by atoms with Gasteiger partial charge in [0, 0.05) is 11.9 Å². The Morgan fingerprint density at radius 1 is 0.885 bits per heavy atom. The average Bonchev–Trinajstić information content (AvgIpc) is 2.80. The Kier molecular flexibility index (Phi) is 18.2. The maximum absolute atomic E-state index is 7.56. The van der Waals surface area contributed by atoms with E-state index in [4.69, 9.17) is 57.0 Å². The van der Waals surface area contributed by atoms with E-state index in [1.807, 2.05) is 27.7 Å². The van der Waals surface area contributed by atoms with Gasteiger partial charge < -0.3 is 33.8 Å². The molecule has 2 aromatic rings. The molecule has 0 saturated carbocycles. The third kappa shape index (κ3) is 22.4. The molecule has 6 N–H and O–H groups in total. The molecule has 0 spiro atoms. The largest absolute Gasteiger partial charge is 0.439 e. The van der Waals surface area contributed by atoms with Crippen LogP contribution in [0.2, 0.25) is 10.0 Å². The number of aryl methyl sites for hydroxylation is 1. The Labute approximate surface area is 172 Å². The molecule has 1 aromatic carbocycles. The van der Waals surface area contributed by atoms with Crippen LogP contribution in [0.4, 0.5) is 0 Å².